The number of hydrogen-bond acceptors (Lipinski definition) is 5. The third kappa shape index (κ3) is 2.79. The molecule has 7 nitrogen and oxygen atoms in total. The number of imidazole rings is 1. The molecule has 0 saturated heterocycles. The Bertz CT molecular complexity index is 1170. The summed E-state index contributed by atoms with van der Waals surface area (Å²) in [5.74, 6) is 3.90. The first kappa shape index (κ1) is 16.1. The Hall–Kier alpha value is -3.09. The Morgan fingerprint density at radius 3 is 2.48 bits per heavy atom. The van der Waals surface area contributed by atoms with Crippen molar-refractivity contribution in [3.63, 3.8) is 0 Å². The van der Waals surface area contributed by atoms with Crippen LogP contribution in [0.2, 0.25) is 0 Å². The summed E-state index contributed by atoms with van der Waals surface area (Å²) >= 11 is 0. The summed E-state index contributed by atoms with van der Waals surface area (Å²) in [6.07, 6.45) is 5.27. The van der Waals surface area contributed by atoms with Crippen molar-refractivity contribution in [1.82, 2.24) is 34.1 Å². The van der Waals surface area contributed by atoms with E-state index in [2.05, 4.69) is 50.9 Å². The van der Waals surface area contributed by atoms with E-state index in [9.17, 15) is 0 Å². The lowest BCUT2D eigenvalue weighted by Crippen LogP contribution is -2.06. The maximum atomic E-state index is 4.82. The van der Waals surface area contributed by atoms with Crippen molar-refractivity contribution >= 4 is 5.65 Å². The van der Waals surface area contributed by atoms with Crippen LogP contribution in [0.15, 0.2) is 30.6 Å². The molecule has 0 aliphatic heterocycles. The van der Waals surface area contributed by atoms with Gasteiger partial charge in [0.25, 0.3) is 0 Å². The second kappa shape index (κ2) is 5.70. The molecule has 5 rings (SSSR count). The Kier molecular flexibility index (Phi) is 3.40. The van der Waals surface area contributed by atoms with E-state index < -0.39 is 0 Å². The van der Waals surface area contributed by atoms with Crippen LogP contribution in [0.4, 0.5) is 0 Å². The highest BCUT2D eigenvalue weighted by atomic mass is 15.4. The maximum Gasteiger partial charge on any atom is 0.159 e. The zero-order valence-corrected chi connectivity index (χ0v) is 15.9. The molecule has 0 N–H and O–H groups in total. The fraction of sp³-hybridized carbons (Fsp3) is 0.350. The molecule has 0 radical (unpaired) electrons. The highest BCUT2D eigenvalue weighted by molar-refractivity contribution is 5.45. The molecule has 0 aromatic carbocycles. The quantitative estimate of drug-likeness (QED) is 0.561. The first-order valence-corrected chi connectivity index (χ1v) is 9.19. The average molecular weight is 359 g/mol. The SMILES string of the molecule is Cc1ccn2cc([C@@H]3C[C@H]3c3cc(-n4nc(C)nc4C)nc(C)n3)nc2c1. The molecule has 1 saturated carbocycles. The molecule has 4 aromatic heterocycles. The average Bonchev–Trinajstić information content (AvgIpc) is 3.20. The van der Waals surface area contributed by atoms with Crippen molar-refractivity contribution in [2.24, 2.45) is 0 Å². The monoisotopic (exact) mass is 359 g/mol. The summed E-state index contributed by atoms with van der Waals surface area (Å²) < 4.78 is 3.88. The van der Waals surface area contributed by atoms with Gasteiger partial charge in [0.05, 0.1) is 11.4 Å². The molecule has 0 bridgehead atoms. The summed E-state index contributed by atoms with van der Waals surface area (Å²) in [4.78, 5) is 18.5. The molecule has 1 aliphatic carbocycles. The largest absolute Gasteiger partial charge is 0.307 e. The van der Waals surface area contributed by atoms with Gasteiger partial charge in [-0.3, -0.25) is 0 Å². The van der Waals surface area contributed by atoms with E-state index in [-0.39, 0.29) is 0 Å². The minimum Gasteiger partial charge on any atom is -0.307 e. The number of pyridine rings is 1. The van der Waals surface area contributed by atoms with E-state index in [1.807, 2.05) is 26.8 Å². The van der Waals surface area contributed by atoms with E-state index in [4.69, 9.17) is 9.97 Å². The number of fused-ring (bicyclic) bond motifs is 1. The molecular formula is C20H21N7. The van der Waals surface area contributed by atoms with Crippen molar-refractivity contribution < 1.29 is 0 Å². The van der Waals surface area contributed by atoms with Crippen LogP contribution in [0.5, 0.6) is 0 Å². The first-order chi connectivity index (χ1) is 13.0. The molecule has 7 heteroatoms. The highest BCUT2D eigenvalue weighted by Gasteiger charge is 2.42. The van der Waals surface area contributed by atoms with Crippen molar-refractivity contribution in [2.75, 3.05) is 0 Å². The maximum absolute atomic E-state index is 4.82. The summed E-state index contributed by atoms with van der Waals surface area (Å²) in [5.41, 5.74) is 4.42. The minimum absolute atomic E-state index is 0.376. The predicted octanol–water partition coefficient (Wildman–Crippen LogP) is 3.21. The second-order valence-electron chi connectivity index (χ2n) is 7.40. The van der Waals surface area contributed by atoms with Gasteiger partial charge in [-0.05, 0) is 51.8 Å². The summed E-state index contributed by atoms with van der Waals surface area (Å²) in [6.45, 7) is 7.85. The predicted molar refractivity (Wildman–Crippen MR) is 101 cm³/mol. The minimum atomic E-state index is 0.376. The molecule has 0 unspecified atom stereocenters. The van der Waals surface area contributed by atoms with Crippen LogP contribution >= 0.6 is 0 Å². The van der Waals surface area contributed by atoms with Crippen LogP contribution in [0.3, 0.4) is 0 Å². The van der Waals surface area contributed by atoms with E-state index in [0.717, 1.165) is 46.7 Å². The van der Waals surface area contributed by atoms with Crippen molar-refractivity contribution in [1.29, 1.82) is 0 Å². The summed E-state index contributed by atoms with van der Waals surface area (Å²) in [5, 5.41) is 4.46. The van der Waals surface area contributed by atoms with Crippen LogP contribution in [-0.2, 0) is 0 Å². The van der Waals surface area contributed by atoms with E-state index in [0.29, 0.717) is 11.8 Å². The number of nitrogens with zero attached hydrogens (tertiary/aromatic N) is 7. The van der Waals surface area contributed by atoms with Gasteiger partial charge in [0.15, 0.2) is 5.82 Å². The second-order valence-corrected chi connectivity index (χ2v) is 7.40. The van der Waals surface area contributed by atoms with Gasteiger partial charge in [-0.1, -0.05) is 0 Å². The van der Waals surface area contributed by atoms with Crippen molar-refractivity contribution in [3.05, 3.63) is 65.0 Å². The summed E-state index contributed by atoms with van der Waals surface area (Å²) in [7, 11) is 0. The van der Waals surface area contributed by atoms with E-state index in [1.54, 1.807) is 4.68 Å². The van der Waals surface area contributed by atoms with Crippen molar-refractivity contribution in [3.8, 4) is 5.82 Å². The van der Waals surface area contributed by atoms with Gasteiger partial charge in [-0.15, -0.1) is 5.10 Å². The lowest BCUT2D eigenvalue weighted by atomic mass is 10.2. The number of aromatic nitrogens is 7. The van der Waals surface area contributed by atoms with Gasteiger partial charge in [0, 0.05) is 30.3 Å². The van der Waals surface area contributed by atoms with Crippen molar-refractivity contribution in [2.45, 2.75) is 46.0 Å². The fourth-order valence-corrected chi connectivity index (χ4v) is 3.74. The van der Waals surface area contributed by atoms with Crippen LogP contribution in [0, 0.1) is 27.7 Å². The fourth-order valence-electron chi connectivity index (χ4n) is 3.74. The molecule has 136 valence electrons. The molecule has 1 aliphatic rings. The van der Waals surface area contributed by atoms with Gasteiger partial charge in [-0.2, -0.15) is 4.68 Å². The van der Waals surface area contributed by atoms with Crippen LogP contribution < -0.4 is 0 Å². The van der Waals surface area contributed by atoms with Gasteiger partial charge < -0.3 is 4.40 Å². The van der Waals surface area contributed by atoms with Crippen LogP contribution in [0.25, 0.3) is 11.5 Å². The molecule has 1 fully saturated rings. The highest BCUT2D eigenvalue weighted by Crippen LogP contribution is 2.53. The number of aryl methyl sites for hydroxylation is 4. The topological polar surface area (TPSA) is 73.8 Å². The van der Waals surface area contributed by atoms with Gasteiger partial charge in [0.2, 0.25) is 0 Å². The molecule has 2 atom stereocenters. The molecule has 4 heterocycles. The molecule has 0 amide bonds. The Labute approximate surface area is 157 Å². The summed E-state index contributed by atoms with van der Waals surface area (Å²) in [6, 6.07) is 6.26. The Morgan fingerprint density at radius 1 is 0.889 bits per heavy atom. The lowest BCUT2D eigenvalue weighted by Gasteiger charge is -2.06. The van der Waals surface area contributed by atoms with Crippen LogP contribution in [0.1, 0.15) is 52.7 Å². The van der Waals surface area contributed by atoms with Crippen LogP contribution in [-0.4, -0.2) is 34.1 Å². The molecule has 27 heavy (non-hydrogen) atoms. The zero-order valence-electron chi connectivity index (χ0n) is 15.9. The zero-order chi connectivity index (χ0) is 18.7. The van der Waals surface area contributed by atoms with Gasteiger partial charge in [-0.25, -0.2) is 19.9 Å². The molecular weight excluding hydrogens is 338 g/mol. The third-order valence-electron chi connectivity index (χ3n) is 5.12. The van der Waals surface area contributed by atoms with E-state index in [1.165, 1.54) is 5.56 Å². The number of hydrogen-bond donors (Lipinski definition) is 0. The lowest BCUT2D eigenvalue weighted by molar-refractivity contribution is 0.778. The third-order valence-corrected chi connectivity index (χ3v) is 5.12. The first-order valence-electron chi connectivity index (χ1n) is 9.19. The van der Waals surface area contributed by atoms with E-state index >= 15 is 0 Å². The van der Waals surface area contributed by atoms with Gasteiger partial charge >= 0.3 is 0 Å². The molecule has 0 spiro atoms. The number of rotatable bonds is 3. The standard InChI is InChI=1S/C20H21N7/c1-11-5-6-26-10-18(24-19(26)7-11)16-8-15(16)17-9-20(23-12(2)22-17)27-14(4)21-13(3)25-27/h5-7,9-10,15-16H,8H2,1-4H3/t15-,16-/m1/s1. The molecule has 4 aromatic rings. The normalized spacial score (nSPS) is 19.0. The Balaban J connectivity index is 1.48. The van der Waals surface area contributed by atoms with Gasteiger partial charge in [0.1, 0.15) is 23.1 Å². The Morgan fingerprint density at radius 2 is 1.70 bits per heavy atom. The smallest absolute Gasteiger partial charge is 0.159 e.